The molecular weight excluding hydrogens is 312 g/mol. The van der Waals surface area contributed by atoms with Crippen LogP contribution in [0.1, 0.15) is 6.42 Å². The Labute approximate surface area is 139 Å². The van der Waals surface area contributed by atoms with Crippen LogP contribution < -0.4 is 14.4 Å². The summed E-state index contributed by atoms with van der Waals surface area (Å²) in [5.74, 6) is 1.47. The standard InChI is InChI=1S/C17H18N2O3S/c1-21-13-9-12(10-14(11-13)22-2)19-8-5-16(17(19)20)23-15-3-6-18-7-4-15/h3-4,6-7,9-11,16H,5,8H2,1-2H3/t16-/m1/s1. The molecule has 120 valence electrons. The summed E-state index contributed by atoms with van der Waals surface area (Å²) in [6.07, 6.45) is 4.30. The summed E-state index contributed by atoms with van der Waals surface area (Å²) in [5, 5.41) is -0.0744. The third-order valence-electron chi connectivity index (χ3n) is 3.73. The van der Waals surface area contributed by atoms with E-state index in [2.05, 4.69) is 4.98 Å². The number of rotatable bonds is 5. The van der Waals surface area contributed by atoms with Crippen LogP contribution >= 0.6 is 11.8 Å². The summed E-state index contributed by atoms with van der Waals surface area (Å²) in [7, 11) is 3.21. The number of nitrogens with zero attached hydrogens (tertiary/aromatic N) is 2. The van der Waals surface area contributed by atoms with E-state index in [1.54, 1.807) is 49.3 Å². The molecule has 23 heavy (non-hydrogen) atoms. The first-order chi connectivity index (χ1) is 11.2. The van der Waals surface area contributed by atoms with Crippen LogP contribution in [-0.4, -0.2) is 36.9 Å². The minimum atomic E-state index is -0.0744. The molecule has 0 bridgehead atoms. The number of carbonyl (C=O) groups excluding carboxylic acids is 1. The number of anilines is 1. The quantitative estimate of drug-likeness (QED) is 0.843. The minimum absolute atomic E-state index is 0.0744. The normalized spacial score (nSPS) is 17.4. The van der Waals surface area contributed by atoms with E-state index in [1.165, 1.54) is 0 Å². The molecule has 1 atom stereocenters. The molecule has 1 aliphatic heterocycles. The average Bonchev–Trinajstić information content (AvgIpc) is 2.96. The van der Waals surface area contributed by atoms with Gasteiger partial charge in [-0.3, -0.25) is 9.78 Å². The molecule has 0 saturated carbocycles. The lowest BCUT2D eigenvalue weighted by molar-refractivity contribution is -0.116. The number of carbonyl (C=O) groups is 1. The van der Waals surface area contributed by atoms with Crippen LogP contribution in [0.5, 0.6) is 11.5 Å². The third kappa shape index (κ3) is 3.42. The minimum Gasteiger partial charge on any atom is -0.497 e. The van der Waals surface area contributed by atoms with E-state index in [0.29, 0.717) is 18.0 Å². The molecule has 1 aliphatic rings. The largest absolute Gasteiger partial charge is 0.497 e. The molecule has 1 saturated heterocycles. The van der Waals surface area contributed by atoms with Crippen LogP contribution in [0.2, 0.25) is 0 Å². The zero-order valence-electron chi connectivity index (χ0n) is 13.1. The lowest BCUT2D eigenvalue weighted by Gasteiger charge is -2.18. The van der Waals surface area contributed by atoms with Crippen molar-refractivity contribution in [2.45, 2.75) is 16.6 Å². The second-order valence-corrected chi connectivity index (χ2v) is 6.41. The number of hydrogen-bond acceptors (Lipinski definition) is 5. The van der Waals surface area contributed by atoms with Gasteiger partial charge in [-0.1, -0.05) is 0 Å². The summed E-state index contributed by atoms with van der Waals surface area (Å²) in [6, 6.07) is 9.37. The van der Waals surface area contributed by atoms with Gasteiger partial charge < -0.3 is 14.4 Å². The molecule has 2 aromatic rings. The van der Waals surface area contributed by atoms with Gasteiger partial charge >= 0.3 is 0 Å². The highest BCUT2D eigenvalue weighted by atomic mass is 32.2. The van der Waals surface area contributed by atoms with Gasteiger partial charge in [0.1, 0.15) is 11.5 Å². The van der Waals surface area contributed by atoms with Crippen molar-refractivity contribution in [3.63, 3.8) is 0 Å². The van der Waals surface area contributed by atoms with E-state index in [4.69, 9.17) is 9.47 Å². The Balaban J connectivity index is 1.79. The van der Waals surface area contributed by atoms with Gasteiger partial charge in [-0.15, -0.1) is 11.8 Å². The predicted octanol–water partition coefficient (Wildman–Crippen LogP) is 3.00. The zero-order chi connectivity index (χ0) is 16.2. The zero-order valence-corrected chi connectivity index (χ0v) is 13.9. The van der Waals surface area contributed by atoms with Crippen LogP contribution in [0.4, 0.5) is 5.69 Å². The van der Waals surface area contributed by atoms with Crippen molar-refractivity contribution in [2.24, 2.45) is 0 Å². The molecule has 1 amide bonds. The smallest absolute Gasteiger partial charge is 0.240 e. The van der Waals surface area contributed by atoms with Gasteiger partial charge in [0.15, 0.2) is 0 Å². The number of ether oxygens (including phenoxy) is 2. The van der Waals surface area contributed by atoms with Gasteiger partial charge in [-0.05, 0) is 18.6 Å². The Morgan fingerprint density at radius 3 is 2.39 bits per heavy atom. The number of methoxy groups -OCH3 is 2. The molecule has 0 unspecified atom stereocenters. The van der Waals surface area contributed by atoms with E-state index in [9.17, 15) is 4.79 Å². The summed E-state index contributed by atoms with van der Waals surface area (Å²) < 4.78 is 10.6. The maximum atomic E-state index is 12.7. The molecule has 1 aromatic heterocycles. The number of amides is 1. The fraction of sp³-hybridized carbons (Fsp3) is 0.294. The Kier molecular flexibility index (Phi) is 4.71. The second-order valence-electron chi connectivity index (χ2n) is 5.14. The van der Waals surface area contributed by atoms with Crippen molar-refractivity contribution in [1.29, 1.82) is 0 Å². The van der Waals surface area contributed by atoms with Crippen LogP contribution in [0.15, 0.2) is 47.6 Å². The Bertz CT molecular complexity index is 671. The first-order valence-corrected chi connectivity index (χ1v) is 8.20. The van der Waals surface area contributed by atoms with E-state index in [1.807, 2.05) is 24.3 Å². The molecule has 1 fully saturated rings. The summed E-state index contributed by atoms with van der Waals surface area (Å²) in [5.41, 5.74) is 0.809. The third-order valence-corrected chi connectivity index (χ3v) is 5.00. The average molecular weight is 330 g/mol. The number of thioether (sulfide) groups is 1. The van der Waals surface area contributed by atoms with Crippen LogP contribution in [0.25, 0.3) is 0 Å². The van der Waals surface area contributed by atoms with Crippen molar-refractivity contribution in [2.75, 3.05) is 25.7 Å². The van der Waals surface area contributed by atoms with E-state index >= 15 is 0 Å². The van der Waals surface area contributed by atoms with Gasteiger partial charge in [0.2, 0.25) is 5.91 Å². The maximum Gasteiger partial charge on any atom is 0.240 e. The number of aromatic nitrogens is 1. The second kappa shape index (κ2) is 6.91. The van der Waals surface area contributed by atoms with E-state index in [-0.39, 0.29) is 11.2 Å². The van der Waals surface area contributed by atoms with Crippen LogP contribution in [-0.2, 0) is 4.79 Å². The molecule has 5 nitrogen and oxygen atoms in total. The number of pyridine rings is 1. The topological polar surface area (TPSA) is 51.7 Å². The van der Waals surface area contributed by atoms with Crippen LogP contribution in [0, 0.1) is 0 Å². The van der Waals surface area contributed by atoms with Crippen molar-refractivity contribution in [1.82, 2.24) is 4.98 Å². The van der Waals surface area contributed by atoms with Gasteiger partial charge in [-0.2, -0.15) is 0 Å². The molecule has 0 radical (unpaired) electrons. The van der Waals surface area contributed by atoms with Crippen molar-refractivity contribution < 1.29 is 14.3 Å². The van der Waals surface area contributed by atoms with Crippen LogP contribution in [0.3, 0.4) is 0 Å². The van der Waals surface area contributed by atoms with E-state index in [0.717, 1.165) is 17.0 Å². The molecule has 0 aliphatic carbocycles. The highest BCUT2D eigenvalue weighted by molar-refractivity contribution is 8.00. The molecule has 1 aromatic carbocycles. The monoisotopic (exact) mass is 330 g/mol. The lowest BCUT2D eigenvalue weighted by atomic mass is 10.2. The number of benzene rings is 1. The first kappa shape index (κ1) is 15.7. The Morgan fingerprint density at radius 1 is 1.13 bits per heavy atom. The molecule has 3 rings (SSSR count). The van der Waals surface area contributed by atoms with Gasteiger partial charge in [0.25, 0.3) is 0 Å². The summed E-state index contributed by atoms with van der Waals surface area (Å²) >= 11 is 1.58. The summed E-state index contributed by atoms with van der Waals surface area (Å²) in [6.45, 7) is 0.692. The summed E-state index contributed by atoms with van der Waals surface area (Å²) in [4.78, 5) is 19.6. The van der Waals surface area contributed by atoms with Crippen molar-refractivity contribution >= 4 is 23.4 Å². The molecule has 0 N–H and O–H groups in total. The Hall–Kier alpha value is -2.21. The lowest BCUT2D eigenvalue weighted by Crippen LogP contribution is -2.28. The Morgan fingerprint density at radius 2 is 1.78 bits per heavy atom. The van der Waals surface area contributed by atoms with Crippen molar-refractivity contribution in [3.05, 3.63) is 42.7 Å². The molecule has 2 heterocycles. The molecule has 6 heteroatoms. The fourth-order valence-electron chi connectivity index (χ4n) is 2.55. The van der Waals surface area contributed by atoms with Gasteiger partial charge in [0, 0.05) is 42.0 Å². The SMILES string of the molecule is COc1cc(OC)cc(N2CC[C@@H](Sc3ccncc3)C2=O)c1. The predicted molar refractivity (Wildman–Crippen MR) is 90.4 cm³/mol. The maximum absolute atomic E-state index is 12.7. The number of hydrogen-bond donors (Lipinski definition) is 0. The molecule has 0 spiro atoms. The highest BCUT2D eigenvalue weighted by Gasteiger charge is 2.33. The first-order valence-electron chi connectivity index (χ1n) is 7.32. The molecular formula is C17H18N2O3S. The fourth-order valence-corrected chi connectivity index (χ4v) is 3.61. The van der Waals surface area contributed by atoms with Gasteiger partial charge in [0.05, 0.1) is 25.2 Å². The van der Waals surface area contributed by atoms with E-state index < -0.39 is 0 Å². The van der Waals surface area contributed by atoms with Crippen molar-refractivity contribution in [3.8, 4) is 11.5 Å². The highest BCUT2D eigenvalue weighted by Crippen LogP contribution is 2.35. The van der Waals surface area contributed by atoms with Gasteiger partial charge in [-0.25, -0.2) is 0 Å².